The van der Waals surface area contributed by atoms with E-state index in [9.17, 15) is 18.5 Å². The average Bonchev–Trinajstić information content (AvgIpc) is 2.83. The first-order valence-electron chi connectivity index (χ1n) is 11.9. The molecule has 0 aromatic heterocycles. The van der Waals surface area contributed by atoms with Crippen molar-refractivity contribution in [3.05, 3.63) is 34.4 Å². The van der Waals surface area contributed by atoms with Crippen molar-refractivity contribution in [3.63, 3.8) is 0 Å². The van der Waals surface area contributed by atoms with E-state index in [0.29, 0.717) is 25.6 Å². The molecule has 0 amide bonds. The summed E-state index contributed by atoms with van der Waals surface area (Å²) in [4.78, 5) is 9.93. The third kappa shape index (κ3) is 12.7. The number of rotatable bonds is 8. The lowest BCUT2D eigenvalue weighted by Gasteiger charge is -2.27. The van der Waals surface area contributed by atoms with Gasteiger partial charge in [0, 0.05) is 25.3 Å². The molecule has 35 heavy (non-hydrogen) atoms. The zero-order chi connectivity index (χ0) is 26.3. The van der Waals surface area contributed by atoms with Gasteiger partial charge in [0.25, 0.3) is 15.8 Å². The van der Waals surface area contributed by atoms with Gasteiger partial charge in [-0.3, -0.25) is 14.3 Å². The number of ether oxygens (including phenoxy) is 2. The van der Waals surface area contributed by atoms with Crippen molar-refractivity contribution in [2.24, 2.45) is 0 Å². The monoisotopic (exact) mass is 557 g/mol. The maximum absolute atomic E-state index is 12.2. The van der Waals surface area contributed by atoms with E-state index in [-0.39, 0.29) is 34.2 Å². The maximum Gasteiger partial charge on any atom is 0.297 e. The van der Waals surface area contributed by atoms with Gasteiger partial charge in [0.2, 0.25) is 0 Å². The van der Waals surface area contributed by atoms with E-state index in [1.54, 1.807) is 0 Å². The molecule has 202 valence electrons. The molecule has 0 unspecified atom stereocenters. The van der Waals surface area contributed by atoms with Gasteiger partial charge in [0.05, 0.1) is 39.6 Å². The molecule has 1 N–H and O–H groups in total. The number of hydrogen-bond donors (Lipinski definition) is 1. The van der Waals surface area contributed by atoms with Gasteiger partial charge in [-0.25, -0.2) is 0 Å². The number of nitro benzene ring substituents is 1. The Morgan fingerprint density at radius 1 is 0.886 bits per heavy atom. The molecule has 0 spiro atoms. The van der Waals surface area contributed by atoms with Crippen LogP contribution in [0.3, 0.4) is 0 Å². The molecule has 1 aromatic rings. The summed E-state index contributed by atoms with van der Waals surface area (Å²) in [5.74, 6) is 0. The zero-order valence-corrected chi connectivity index (χ0v) is 22.6. The number of aliphatic hydroxyl groups is 1. The Balaban J connectivity index is 0.000000391. The predicted octanol–water partition coefficient (Wildman–Crippen LogP) is 5.40. The molecule has 0 saturated heterocycles. The molecule has 0 bridgehead atoms. The highest BCUT2D eigenvalue weighted by molar-refractivity contribution is 7.86. The first-order valence-corrected chi connectivity index (χ1v) is 14.3. The minimum atomic E-state index is -3.90. The number of halogens is 2. The van der Waals surface area contributed by atoms with Crippen molar-refractivity contribution in [1.29, 1.82) is 0 Å². The van der Waals surface area contributed by atoms with Crippen molar-refractivity contribution < 1.29 is 32.1 Å². The molecule has 0 atom stereocenters. The number of benzene rings is 1. The summed E-state index contributed by atoms with van der Waals surface area (Å²) in [7, 11) is -3.90. The van der Waals surface area contributed by atoms with Crippen molar-refractivity contribution in [2.45, 2.75) is 94.5 Å². The lowest BCUT2D eigenvalue weighted by molar-refractivity contribution is -0.384. The highest BCUT2D eigenvalue weighted by Crippen LogP contribution is 2.27. The quantitative estimate of drug-likeness (QED) is 0.195. The average molecular weight is 559 g/mol. The second-order valence-electron chi connectivity index (χ2n) is 8.14. The van der Waals surface area contributed by atoms with Crippen LogP contribution >= 0.6 is 23.2 Å². The van der Waals surface area contributed by atoms with Crippen molar-refractivity contribution in [2.75, 3.05) is 18.6 Å². The van der Waals surface area contributed by atoms with Crippen LogP contribution in [-0.2, 0) is 23.8 Å². The Kier molecular flexibility index (Phi) is 16.0. The van der Waals surface area contributed by atoms with Crippen LogP contribution in [0.25, 0.3) is 0 Å². The second kappa shape index (κ2) is 17.4. The molecular weight excluding hydrogens is 521 g/mol. The van der Waals surface area contributed by atoms with E-state index >= 15 is 0 Å². The van der Waals surface area contributed by atoms with E-state index < -0.39 is 15.0 Å². The number of nitrogens with zero attached hydrogens (tertiary/aromatic N) is 1. The number of hydrogen-bond acceptors (Lipinski definition) is 8. The fourth-order valence-electron chi connectivity index (χ4n) is 3.95. The van der Waals surface area contributed by atoms with E-state index in [1.807, 2.05) is 13.8 Å². The number of alkyl halides is 2. The van der Waals surface area contributed by atoms with Crippen molar-refractivity contribution in [1.82, 2.24) is 0 Å². The van der Waals surface area contributed by atoms with Gasteiger partial charge in [-0.2, -0.15) is 8.42 Å². The number of non-ortho nitro benzene ring substituents is 1. The molecular formula is C23H37Cl2NO8S. The maximum atomic E-state index is 12.2. The Bertz CT molecular complexity index is 809. The predicted molar refractivity (Wildman–Crippen MR) is 135 cm³/mol. The third-order valence-electron chi connectivity index (χ3n) is 5.67. The van der Waals surface area contributed by atoms with Crippen LogP contribution in [0.2, 0.25) is 0 Å². The molecule has 1 aromatic carbocycles. The topological polar surface area (TPSA) is 125 Å². The van der Waals surface area contributed by atoms with Gasteiger partial charge in [-0.15, -0.1) is 23.2 Å². The normalized spacial score (nSPS) is 24.4. The molecule has 0 radical (unpaired) electrons. The summed E-state index contributed by atoms with van der Waals surface area (Å²) in [6, 6.07) is 4.70. The summed E-state index contributed by atoms with van der Waals surface area (Å²) in [5, 5.41) is 19.9. The Morgan fingerprint density at radius 3 is 1.69 bits per heavy atom. The molecule has 9 nitrogen and oxygen atoms in total. The lowest BCUT2D eigenvalue weighted by atomic mass is 9.95. The zero-order valence-electron chi connectivity index (χ0n) is 20.3. The summed E-state index contributed by atoms with van der Waals surface area (Å²) in [5.41, 5.74) is -0.156. The van der Waals surface area contributed by atoms with Crippen molar-refractivity contribution >= 4 is 39.0 Å². The first kappa shape index (κ1) is 32.0. The minimum absolute atomic E-state index is 0.0586. The SMILES string of the molecule is CCOC1CCC(O)CC1.CCOC1CCC(OS(=O)(=O)c2ccc([N+](=O)[O-])cc2)CC1.ClCCl. The van der Waals surface area contributed by atoms with Crippen LogP contribution in [0.5, 0.6) is 0 Å². The Hall–Kier alpha value is -1.01. The fourth-order valence-corrected chi connectivity index (χ4v) is 5.08. The van der Waals surface area contributed by atoms with Gasteiger partial charge >= 0.3 is 0 Å². The summed E-state index contributed by atoms with van der Waals surface area (Å²) < 4.78 is 40.5. The molecule has 0 aliphatic heterocycles. The highest BCUT2D eigenvalue weighted by Gasteiger charge is 2.27. The summed E-state index contributed by atoms with van der Waals surface area (Å²) in [6.45, 7) is 5.41. The smallest absolute Gasteiger partial charge is 0.297 e. The molecule has 2 saturated carbocycles. The van der Waals surface area contributed by atoms with Crippen LogP contribution in [-0.4, -0.2) is 61.4 Å². The van der Waals surface area contributed by atoms with Crippen LogP contribution in [0, 0.1) is 10.1 Å². The largest absolute Gasteiger partial charge is 0.393 e. The molecule has 2 fully saturated rings. The van der Waals surface area contributed by atoms with E-state index in [1.165, 1.54) is 12.1 Å². The second-order valence-corrected chi connectivity index (χ2v) is 10.5. The van der Waals surface area contributed by atoms with Crippen LogP contribution in [0.4, 0.5) is 5.69 Å². The highest BCUT2D eigenvalue weighted by atomic mass is 35.5. The number of aliphatic hydroxyl groups excluding tert-OH is 1. The fraction of sp³-hybridized carbons (Fsp3) is 0.739. The summed E-state index contributed by atoms with van der Waals surface area (Å²) >= 11 is 9.53. The van der Waals surface area contributed by atoms with E-state index in [2.05, 4.69) is 0 Å². The van der Waals surface area contributed by atoms with Crippen LogP contribution in [0.1, 0.15) is 65.2 Å². The third-order valence-corrected chi connectivity index (χ3v) is 7.04. The molecule has 12 heteroatoms. The van der Waals surface area contributed by atoms with E-state index in [0.717, 1.165) is 57.3 Å². The van der Waals surface area contributed by atoms with Crippen LogP contribution in [0.15, 0.2) is 29.2 Å². The van der Waals surface area contributed by atoms with Crippen LogP contribution < -0.4 is 0 Å². The van der Waals surface area contributed by atoms with Gasteiger partial charge in [-0.05, 0) is 77.3 Å². The van der Waals surface area contributed by atoms with Gasteiger partial charge in [0.1, 0.15) is 0 Å². The Morgan fingerprint density at radius 2 is 1.29 bits per heavy atom. The molecule has 2 aliphatic rings. The standard InChI is InChI=1S/C14H19NO6S.C8H16O2.CH2Cl2/c1-2-20-12-5-7-13(8-6-12)21-22(18,19)14-9-3-11(4-10-14)15(16)17;1-2-10-8-5-3-7(9)4-6-8;2-1-3/h3-4,9-10,12-13H,2,5-8H2,1H3;7-9H,2-6H2,1H3;1H2. The minimum Gasteiger partial charge on any atom is -0.393 e. The van der Waals surface area contributed by atoms with Gasteiger partial charge in [0.15, 0.2) is 0 Å². The molecule has 3 rings (SSSR count). The first-order chi connectivity index (χ1) is 16.7. The number of nitro groups is 1. The van der Waals surface area contributed by atoms with Gasteiger partial charge in [-0.1, -0.05) is 0 Å². The van der Waals surface area contributed by atoms with Crippen molar-refractivity contribution in [3.8, 4) is 0 Å². The lowest BCUT2D eigenvalue weighted by Crippen LogP contribution is -2.28. The molecule has 0 heterocycles. The molecule has 2 aliphatic carbocycles. The Labute approximate surface area is 218 Å². The summed E-state index contributed by atoms with van der Waals surface area (Å²) in [6.07, 6.45) is 6.88. The van der Waals surface area contributed by atoms with E-state index in [4.69, 9.17) is 42.0 Å². The van der Waals surface area contributed by atoms with Gasteiger partial charge < -0.3 is 14.6 Å².